The number of pyridine rings is 1. The maximum absolute atomic E-state index is 15.1. The molecule has 0 fully saturated rings. The Morgan fingerprint density at radius 2 is 1.61 bits per heavy atom. The lowest BCUT2D eigenvalue weighted by atomic mass is 9.98. The molecule has 3 rings (SSSR count). The van der Waals surface area contributed by atoms with Gasteiger partial charge in [-0.25, -0.2) is 32.4 Å². The zero-order valence-electron chi connectivity index (χ0n) is 23.2. The van der Waals surface area contributed by atoms with E-state index >= 15 is 4.39 Å². The number of carbonyl (C=O) groups is 2. The van der Waals surface area contributed by atoms with Gasteiger partial charge in [-0.3, -0.25) is 4.98 Å². The molecule has 2 heterocycles. The second-order valence-electron chi connectivity index (χ2n) is 8.42. The van der Waals surface area contributed by atoms with Gasteiger partial charge in [0.2, 0.25) is 0 Å². The van der Waals surface area contributed by atoms with Crippen molar-refractivity contribution in [3.8, 4) is 22.9 Å². The van der Waals surface area contributed by atoms with Crippen LogP contribution in [-0.4, -0.2) is 71.2 Å². The summed E-state index contributed by atoms with van der Waals surface area (Å²) in [5.41, 5.74) is 6.33. The summed E-state index contributed by atoms with van der Waals surface area (Å²) in [6.07, 6.45) is -5.46. The Labute approximate surface area is 259 Å². The number of nitriles is 1. The number of carboxylic acid groups (broad SMARTS) is 2. The van der Waals surface area contributed by atoms with E-state index in [-0.39, 0.29) is 44.0 Å². The van der Waals surface area contributed by atoms with Crippen LogP contribution in [0.2, 0.25) is 5.02 Å². The van der Waals surface area contributed by atoms with Crippen LogP contribution >= 0.6 is 11.6 Å². The number of methoxy groups -OCH3 is 1. The third-order valence-corrected chi connectivity index (χ3v) is 6.48. The number of sulfone groups is 1. The lowest BCUT2D eigenvalue weighted by Gasteiger charge is -2.22. The molecule has 0 aliphatic heterocycles. The molecule has 1 unspecified atom stereocenters. The van der Waals surface area contributed by atoms with Crippen LogP contribution in [0.3, 0.4) is 0 Å². The zero-order valence-corrected chi connectivity index (χ0v) is 24.8. The van der Waals surface area contributed by atoms with E-state index in [9.17, 15) is 40.0 Å². The highest BCUT2D eigenvalue weighted by Gasteiger charge is 2.39. The van der Waals surface area contributed by atoms with E-state index < -0.39 is 46.0 Å². The van der Waals surface area contributed by atoms with Crippen molar-refractivity contribution in [2.24, 2.45) is 0 Å². The number of nitrogen functional groups attached to an aromatic ring is 1. The van der Waals surface area contributed by atoms with Gasteiger partial charge in [0.1, 0.15) is 35.3 Å². The highest BCUT2D eigenvalue weighted by atomic mass is 35.5. The number of anilines is 2. The Morgan fingerprint density at radius 3 is 2.04 bits per heavy atom. The van der Waals surface area contributed by atoms with Crippen molar-refractivity contribution < 1.29 is 63.7 Å². The van der Waals surface area contributed by atoms with Gasteiger partial charge in [0, 0.05) is 29.8 Å². The number of rotatable bonds is 6. The second-order valence-corrected chi connectivity index (χ2v) is 10.8. The van der Waals surface area contributed by atoms with Crippen molar-refractivity contribution in [3.05, 3.63) is 52.8 Å². The molecular weight excluding hydrogens is 685 g/mol. The summed E-state index contributed by atoms with van der Waals surface area (Å²) < 4.78 is 108. The van der Waals surface area contributed by atoms with Gasteiger partial charge in [-0.15, -0.1) is 0 Å². The van der Waals surface area contributed by atoms with E-state index in [1.807, 2.05) is 6.07 Å². The minimum absolute atomic E-state index is 0.00524. The number of benzene rings is 1. The number of carboxylic acids is 2. The highest BCUT2D eigenvalue weighted by molar-refractivity contribution is 7.90. The molecule has 22 heteroatoms. The summed E-state index contributed by atoms with van der Waals surface area (Å²) >= 11 is 6.16. The van der Waals surface area contributed by atoms with Crippen molar-refractivity contribution in [1.82, 2.24) is 15.0 Å². The monoisotopic (exact) mass is 704 g/mol. The molecule has 0 spiro atoms. The molecule has 250 valence electrons. The van der Waals surface area contributed by atoms with Crippen LogP contribution in [-0.2, 0) is 19.4 Å². The van der Waals surface area contributed by atoms with Crippen LogP contribution in [0.15, 0.2) is 35.7 Å². The largest absolute Gasteiger partial charge is 0.496 e. The first kappa shape index (κ1) is 39.1. The quantitative estimate of drug-likeness (QED) is 0.257. The van der Waals surface area contributed by atoms with Crippen molar-refractivity contribution >= 4 is 45.0 Å². The van der Waals surface area contributed by atoms with Gasteiger partial charge in [-0.2, -0.15) is 31.6 Å². The molecule has 1 atom stereocenters. The number of halogens is 8. The lowest BCUT2D eigenvalue weighted by molar-refractivity contribution is -0.193. The minimum Gasteiger partial charge on any atom is -0.496 e. The molecule has 0 saturated carbocycles. The van der Waals surface area contributed by atoms with Crippen molar-refractivity contribution in [2.75, 3.05) is 24.4 Å². The zero-order chi connectivity index (χ0) is 35.8. The molecule has 0 aliphatic carbocycles. The number of alkyl halides is 6. The molecule has 0 amide bonds. The van der Waals surface area contributed by atoms with Gasteiger partial charge >= 0.3 is 24.3 Å². The SMILES string of the molecule is COc1c(C(C)Nc2ncnc(N)c2C#N)cc(Cl)c(F)c1-c1cncc(S(C)(=O)=O)c1.O=C(O)C(F)(F)F.O=C(O)C(F)(F)F. The van der Waals surface area contributed by atoms with Gasteiger partial charge in [0.05, 0.1) is 28.6 Å². The molecule has 46 heavy (non-hydrogen) atoms. The van der Waals surface area contributed by atoms with Crippen LogP contribution in [0.4, 0.5) is 42.4 Å². The van der Waals surface area contributed by atoms with Crippen molar-refractivity contribution in [2.45, 2.75) is 30.2 Å². The van der Waals surface area contributed by atoms with E-state index in [0.29, 0.717) is 5.56 Å². The lowest BCUT2D eigenvalue weighted by Crippen LogP contribution is -2.21. The normalized spacial score (nSPS) is 11.9. The van der Waals surface area contributed by atoms with Gasteiger partial charge < -0.3 is 26.0 Å². The Bertz CT molecular complexity index is 1730. The van der Waals surface area contributed by atoms with E-state index in [2.05, 4.69) is 20.3 Å². The first-order valence-corrected chi connectivity index (χ1v) is 13.8. The number of aromatic nitrogens is 3. The van der Waals surface area contributed by atoms with Crippen LogP contribution in [0.1, 0.15) is 24.1 Å². The molecule has 0 radical (unpaired) electrons. The minimum atomic E-state index is -5.08. The van der Waals surface area contributed by atoms with Crippen molar-refractivity contribution in [1.29, 1.82) is 5.26 Å². The predicted molar refractivity (Wildman–Crippen MR) is 145 cm³/mol. The van der Waals surface area contributed by atoms with Crippen LogP contribution < -0.4 is 15.8 Å². The third-order valence-electron chi connectivity index (χ3n) is 5.13. The number of hydrogen-bond donors (Lipinski definition) is 4. The van der Waals surface area contributed by atoms with Crippen LogP contribution in [0.5, 0.6) is 5.75 Å². The molecule has 2 aromatic heterocycles. The van der Waals surface area contributed by atoms with E-state index in [4.69, 9.17) is 41.9 Å². The standard InChI is InChI=1S/C20H18ClFN6O3S.2C2HF3O2/c1-10(28-20-14(6-23)19(24)26-9-27-20)13-5-15(21)17(22)16(18(13)31-2)11-4-12(8-25-7-11)32(3,29)30;2*3-2(4,5)1(6)7/h4-5,7-10H,1-3H3,(H3,24,26,27,28);2*(H,6,7). The maximum Gasteiger partial charge on any atom is 0.490 e. The topological polar surface area (TPSA) is 218 Å². The van der Waals surface area contributed by atoms with Crippen molar-refractivity contribution in [3.63, 3.8) is 0 Å². The Morgan fingerprint density at radius 1 is 1.09 bits per heavy atom. The molecule has 1 aromatic carbocycles. The van der Waals surface area contributed by atoms with E-state index in [0.717, 1.165) is 6.26 Å². The van der Waals surface area contributed by atoms with Crippen LogP contribution in [0, 0.1) is 17.1 Å². The summed E-state index contributed by atoms with van der Waals surface area (Å²) in [7, 11) is -2.24. The fourth-order valence-electron chi connectivity index (χ4n) is 3.09. The average Bonchev–Trinajstić information content (AvgIpc) is 2.93. The molecule has 0 saturated heterocycles. The van der Waals surface area contributed by atoms with E-state index in [1.165, 1.54) is 38.0 Å². The molecule has 5 N–H and O–H groups in total. The fourth-order valence-corrected chi connectivity index (χ4v) is 3.89. The smallest absolute Gasteiger partial charge is 0.490 e. The number of nitrogens with two attached hydrogens (primary N) is 1. The van der Waals surface area contributed by atoms with E-state index in [1.54, 1.807) is 6.92 Å². The molecule has 0 bridgehead atoms. The number of ether oxygens (including phenoxy) is 1. The Kier molecular flexibility index (Phi) is 13.0. The van der Waals surface area contributed by atoms with Gasteiger partial charge in [-0.05, 0) is 19.1 Å². The fraction of sp³-hybridized carbons (Fsp3) is 0.250. The van der Waals surface area contributed by atoms with Gasteiger partial charge in [-0.1, -0.05) is 11.6 Å². The molecule has 3 aromatic rings. The maximum atomic E-state index is 15.1. The number of hydrogen-bond acceptors (Lipinski definition) is 11. The Hall–Kier alpha value is -4.97. The second kappa shape index (κ2) is 15.3. The summed E-state index contributed by atoms with van der Waals surface area (Å²) in [6.45, 7) is 1.72. The number of aliphatic carboxylic acids is 2. The summed E-state index contributed by atoms with van der Waals surface area (Å²) in [6, 6.07) is 4.03. The third kappa shape index (κ3) is 10.6. The Balaban J connectivity index is 0.000000629. The first-order chi connectivity index (χ1) is 21.0. The average molecular weight is 705 g/mol. The van der Waals surface area contributed by atoms with Crippen LogP contribution in [0.25, 0.3) is 11.1 Å². The summed E-state index contributed by atoms with van der Waals surface area (Å²) in [5, 5.41) is 26.4. The predicted octanol–water partition coefficient (Wildman–Crippen LogP) is 4.64. The molecule has 13 nitrogen and oxygen atoms in total. The number of nitrogens with one attached hydrogen (secondary N) is 1. The molecule has 0 aliphatic rings. The highest BCUT2D eigenvalue weighted by Crippen LogP contribution is 2.42. The van der Waals surface area contributed by atoms with Gasteiger partial charge in [0.15, 0.2) is 15.7 Å². The first-order valence-electron chi connectivity index (χ1n) is 11.6. The molecular formula is C24H20ClF7N6O7S. The number of nitrogens with zero attached hydrogens (tertiary/aromatic N) is 4. The summed E-state index contributed by atoms with van der Waals surface area (Å²) in [4.78, 5) is 29.5. The summed E-state index contributed by atoms with van der Waals surface area (Å²) in [5.74, 6) is -6.02. The van der Waals surface area contributed by atoms with Gasteiger partial charge in [0.25, 0.3) is 0 Å².